The van der Waals surface area contributed by atoms with Crippen LogP contribution in [-0.2, 0) is 4.79 Å². The van der Waals surface area contributed by atoms with Gasteiger partial charge in [-0.05, 0) is 30.3 Å². The number of halogens is 1. The number of rotatable bonds is 5. The average Bonchev–Trinajstić information content (AvgIpc) is 3.09. The number of hydrogen-bond donors (Lipinski definition) is 1. The number of carbonyl (C=O) groups is 1. The number of nitriles is 1. The summed E-state index contributed by atoms with van der Waals surface area (Å²) in [6, 6.07) is 16.0. The van der Waals surface area contributed by atoms with Crippen molar-refractivity contribution in [1.29, 1.82) is 5.26 Å². The van der Waals surface area contributed by atoms with E-state index in [4.69, 9.17) is 21.6 Å². The SMILES string of the molecule is N#Cc1ccc(OCC(=O)Nc2nc(-c3ccccc3Cl)cs2)cc1. The van der Waals surface area contributed by atoms with Gasteiger partial charge in [-0.25, -0.2) is 4.98 Å². The molecule has 0 fully saturated rings. The fourth-order valence-electron chi connectivity index (χ4n) is 2.05. The lowest BCUT2D eigenvalue weighted by Crippen LogP contribution is -2.20. The molecule has 0 saturated carbocycles. The van der Waals surface area contributed by atoms with Crippen molar-refractivity contribution in [3.8, 4) is 23.1 Å². The van der Waals surface area contributed by atoms with Gasteiger partial charge in [-0.15, -0.1) is 11.3 Å². The van der Waals surface area contributed by atoms with E-state index in [1.807, 2.05) is 29.6 Å². The van der Waals surface area contributed by atoms with Crippen LogP contribution in [0.3, 0.4) is 0 Å². The average molecular weight is 370 g/mol. The molecule has 5 nitrogen and oxygen atoms in total. The van der Waals surface area contributed by atoms with Gasteiger partial charge in [0, 0.05) is 16.0 Å². The van der Waals surface area contributed by atoms with E-state index in [-0.39, 0.29) is 12.5 Å². The van der Waals surface area contributed by atoms with Crippen LogP contribution in [0.15, 0.2) is 53.9 Å². The number of nitrogens with zero attached hydrogens (tertiary/aromatic N) is 2. The zero-order valence-corrected chi connectivity index (χ0v) is 14.5. The van der Waals surface area contributed by atoms with Crippen molar-refractivity contribution in [2.24, 2.45) is 0 Å². The Morgan fingerprint density at radius 2 is 2.00 bits per heavy atom. The Labute approximate surface area is 153 Å². The van der Waals surface area contributed by atoms with Crippen LogP contribution in [0.25, 0.3) is 11.3 Å². The van der Waals surface area contributed by atoms with Crippen LogP contribution in [0.5, 0.6) is 5.75 Å². The van der Waals surface area contributed by atoms with Gasteiger partial charge in [0.05, 0.1) is 17.3 Å². The third kappa shape index (κ3) is 4.35. The van der Waals surface area contributed by atoms with Crippen LogP contribution in [0.1, 0.15) is 5.56 Å². The maximum atomic E-state index is 12.0. The van der Waals surface area contributed by atoms with Crippen molar-refractivity contribution in [2.45, 2.75) is 0 Å². The first-order chi connectivity index (χ1) is 12.2. The highest BCUT2D eigenvalue weighted by molar-refractivity contribution is 7.14. The molecule has 7 heteroatoms. The molecular weight excluding hydrogens is 358 g/mol. The Morgan fingerprint density at radius 3 is 2.72 bits per heavy atom. The molecule has 0 spiro atoms. The lowest BCUT2D eigenvalue weighted by atomic mass is 10.2. The Kier molecular flexibility index (Phi) is 5.29. The smallest absolute Gasteiger partial charge is 0.264 e. The molecule has 0 aliphatic heterocycles. The van der Waals surface area contributed by atoms with Gasteiger partial charge in [0.15, 0.2) is 11.7 Å². The van der Waals surface area contributed by atoms with Crippen LogP contribution in [0, 0.1) is 11.3 Å². The standard InChI is InChI=1S/C18H12ClN3O2S/c19-15-4-2-1-3-14(15)16-11-25-18(21-16)22-17(23)10-24-13-7-5-12(9-20)6-8-13/h1-8,11H,10H2,(H,21,22,23). The van der Waals surface area contributed by atoms with E-state index in [0.717, 1.165) is 5.56 Å². The molecule has 25 heavy (non-hydrogen) atoms. The number of hydrogen-bond acceptors (Lipinski definition) is 5. The molecule has 0 atom stereocenters. The maximum absolute atomic E-state index is 12.0. The number of amides is 1. The summed E-state index contributed by atoms with van der Waals surface area (Å²) in [6.45, 7) is -0.146. The fourth-order valence-corrected chi connectivity index (χ4v) is 3.01. The molecule has 0 unspecified atom stereocenters. The van der Waals surface area contributed by atoms with Gasteiger partial charge in [-0.3, -0.25) is 10.1 Å². The lowest BCUT2D eigenvalue weighted by Gasteiger charge is -2.05. The van der Waals surface area contributed by atoms with Crippen LogP contribution < -0.4 is 10.1 Å². The number of benzene rings is 2. The largest absolute Gasteiger partial charge is 0.484 e. The summed E-state index contributed by atoms with van der Waals surface area (Å²) in [5, 5.41) is 14.3. The molecule has 1 aromatic heterocycles. The van der Waals surface area contributed by atoms with E-state index in [1.54, 1.807) is 30.3 Å². The van der Waals surface area contributed by atoms with Crippen LogP contribution in [-0.4, -0.2) is 17.5 Å². The van der Waals surface area contributed by atoms with Gasteiger partial charge < -0.3 is 4.74 Å². The first-order valence-electron chi connectivity index (χ1n) is 7.29. The topological polar surface area (TPSA) is 75.0 Å². The fraction of sp³-hybridized carbons (Fsp3) is 0.0556. The molecule has 1 amide bonds. The third-order valence-electron chi connectivity index (χ3n) is 3.25. The molecule has 0 aliphatic carbocycles. The predicted octanol–water partition coefficient (Wildman–Crippen LogP) is 4.35. The monoisotopic (exact) mass is 369 g/mol. The van der Waals surface area contributed by atoms with Gasteiger partial charge in [0.2, 0.25) is 0 Å². The molecular formula is C18H12ClN3O2S. The summed E-state index contributed by atoms with van der Waals surface area (Å²) in [7, 11) is 0. The minimum atomic E-state index is -0.315. The van der Waals surface area contributed by atoms with E-state index in [1.165, 1.54) is 11.3 Å². The second kappa shape index (κ2) is 7.79. The predicted molar refractivity (Wildman–Crippen MR) is 97.8 cm³/mol. The summed E-state index contributed by atoms with van der Waals surface area (Å²) >= 11 is 7.46. The number of thiazole rings is 1. The summed E-state index contributed by atoms with van der Waals surface area (Å²) < 4.78 is 5.38. The van der Waals surface area contributed by atoms with Crippen molar-refractivity contribution < 1.29 is 9.53 Å². The molecule has 3 rings (SSSR count). The lowest BCUT2D eigenvalue weighted by molar-refractivity contribution is -0.118. The highest BCUT2D eigenvalue weighted by atomic mass is 35.5. The number of aromatic nitrogens is 1. The van der Waals surface area contributed by atoms with E-state index in [0.29, 0.717) is 27.2 Å². The molecule has 0 aliphatic rings. The number of anilines is 1. The van der Waals surface area contributed by atoms with Gasteiger partial charge in [0.25, 0.3) is 5.91 Å². The number of ether oxygens (including phenoxy) is 1. The highest BCUT2D eigenvalue weighted by Gasteiger charge is 2.10. The van der Waals surface area contributed by atoms with Gasteiger partial charge in [-0.2, -0.15) is 5.26 Å². The van der Waals surface area contributed by atoms with Crippen LogP contribution in [0.4, 0.5) is 5.13 Å². The van der Waals surface area contributed by atoms with Crippen molar-refractivity contribution in [3.05, 3.63) is 64.5 Å². The molecule has 1 N–H and O–H groups in total. The molecule has 124 valence electrons. The Bertz CT molecular complexity index is 932. The van der Waals surface area contributed by atoms with E-state index in [9.17, 15) is 4.79 Å². The van der Waals surface area contributed by atoms with Crippen molar-refractivity contribution in [2.75, 3.05) is 11.9 Å². The summed E-state index contributed by atoms with van der Waals surface area (Å²) in [4.78, 5) is 16.3. The second-order valence-corrected chi connectivity index (χ2v) is 6.26. The van der Waals surface area contributed by atoms with Gasteiger partial charge >= 0.3 is 0 Å². The first kappa shape index (κ1) is 17.0. The molecule has 0 bridgehead atoms. The Balaban J connectivity index is 1.58. The van der Waals surface area contributed by atoms with Crippen molar-refractivity contribution in [1.82, 2.24) is 4.98 Å². The van der Waals surface area contributed by atoms with Crippen molar-refractivity contribution >= 4 is 34.0 Å². The Hall–Kier alpha value is -2.88. The highest BCUT2D eigenvalue weighted by Crippen LogP contribution is 2.30. The zero-order valence-electron chi connectivity index (χ0n) is 12.9. The summed E-state index contributed by atoms with van der Waals surface area (Å²) in [5.41, 5.74) is 2.06. The third-order valence-corrected chi connectivity index (χ3v) is 4.34. The summed E-state index contributed by atoms with van der Waals surface area (Å²) in [6.07, 6.45) is 0. The minimum absolute atomic E-state index is 0.146. The molecule has 3 aromatic rings. The van der Waals surface area contributed by atoms with E-state index >= 15 is 0 Å². The summed E-state index contributed by atoms with van der Waals surface area (Å²) in [5.74, 6) is 0.203. The van der Waals surface area contributed by atoms with E-state index in [2.05, 4.69) is 10.3 Å². The zero-order chi connectivity index (χ0) is 17.6. The van der Waals surface area contributed by atoms with E-state index < -0.39 is 0 Å². The molecule has 0 saturated heterocycles. The van der Waals surface area contributed by atoms with Gasteiger partial charge in [-0.1, -0.05) is 29.8 Å². The minimum Gasteiger partial charge on any atom is -0.484 e. The number of nitrogens with one attached hydrogen (secondary N) is 1. The van der Waals surface area contributed by atoms with Crippen molar-refractivity contribution in [3.63, 3.8) is 0 Å². The quantitative estimate of drug-likeness (QED) is 0.725. The molecule has 2 aromatic carbocycles. The first-order valence-corrected chi connectivity index (χ1v) is 8.55. The number of carbonyl (C=O) groups excluding carboxylic acids is 1. The normalized spacial score (nSPS) is 10.1. The maximum Gasteiger partial charge on any atom is 0.264 e. The van der Waals surface area contributed by atoms with Crippen LogP contribution in [0.2, 0.25) is 5.02 Å². The van der Waals surface area contributed by atoms with Crippen LogP contribution >= 0.6 is 22.9 Å². The molecule has 1 heterocycles. The molecule has 0 radical (unpaired) electrons. The van der Waals surface area contributed by atoms with Gasteiger partial charge in [0.1, 0.15) is 5.75 Å². The second-order valence-electron chi connectivity index (χ2n) is 4.99. The Morgan fingerprint density at radius 1 is 1.24 bits per heavy atom.